The van der Waals surface area contributed by atoms with Crippen molar-refractivity contribution in [3.63, 3.8) is 0 Å². The number of halogens is 7. The van der Waals surface area contributed by atoms with Crippen LogP contribution in [0.15, 0.2) is 209 Å². The highest BCUT2D eigenvalue weighted by molar-refractivity contribution is 7.89. The van der Waals surface area contributed by atoms with E-state index in [1.807, 2.05) is 25.1 Å². The van der Waals surface area contributed by atoms with E-state index in [-0.39, 0.29) is 53.6 Å². The van der Waals surface area contributed by atoms with Crippen LogP contribution in [-0.2, 0) is 69.9 Å². The van der Waals surface area contributed by atoms with E-state index < -0.39 is 103 Å². The van der Waals surface area contributed by atoms with E-state index in [0.29, 0.717) is 16.1 Å². The third kappa shape index (κ3) is 20.4. The number of anilines is 3. The van der Waals surface area contributed by atoms with Gasteiger partial charge in [-0.05, 0) is 102 Å². The van der Waals surface area contributed by atoms with Crippen molar-refractivity contribution in [1.29, 1.82) is 0 Å². The van der Waals surface area contributed by atoms with E-state index in [4.69, 9.17) is 52.8 Å². The van der Waals surface area contributed by atoms with Crippen LogP contribution in [0.3, 0.4) is 0 Å². The van der Waals surface area contributed by atoms with Gasteiger partial charge in [-0.1, -0.05) is 126 Å². The topological polar surface area (TPSA) is 308 Å². The summed E-state index contributed by atoms with van der Waals surface area (Å²) in [5, 5.41) is 23.8. The fraction of sp³-hybridized carbons (Fsp3) is 0.0820. The minimum atomic E-state index is -4.61. The van der Waals surface area contributed by atoms with Gasteiger partial charge in [0.25, 0.3) is 0 Å². The molecular weight excluding hydrogens is 1280 g/mol. The number of amides is 3. The SMILES string of the molecule is Cc1ccccc1CC(=O)Nc1cc(F)c(Oc2cccc(Cl)c2)c(S(N)(=O)=O)c1.NS(=O)(=O)c1cc(NC(=O)Cc2ccccc2)cc(F)c1Oc1cccc(Cl)c1.NS(=O)(=O)c1cc(NC(=O)Cc2ccccc2)cnc1Oc1cccc(C(F)(F)F)c1. The number of aromatic nitrogens is 1. The predicted octanol–water partition coefficient (Wildman–Crippen LogP) is 12.2. The first-order valence-electron chi connectivity index (χ1n) is 25.9. The Bertz CT molecular complexity index is 4470. The fourth-order valence-corrected chi connectivity index (χ4v) is 10.4. The van der Waals surface area contributed by atoms with Crippen molar-refractivity contribution in [2.45, 2.75) is 47.0 Å². The number of nitrogens with zero attached hydrogens (tertiary/aromatic N) is 1. The highest BCUT2D eigenvalue weighted by atomic mass is 35.5. The van der Waals surface area contributed by atoms with E-state index in [0.717, 1.165) is 70.9 Å². The first-order valence-corrected chi connectivity index (χ1v) is 31.3. The van der Waals surface area contributed by atoms with Gasteiger partial charge in [0.1, 0.15) is 31.9 Å². The van der Waals surface area contributed by atoms with Crippen LogP contribution in [0.5, 0.6) is 34.6 Å². The van der Waals surface area contributed by atoms with Crippen molar-refractivity contribution in [3.05, 3.63) is 244 Å². The smallest absolute Gasteiger partial charge is 0.416 e. The van der Waals surface area contributed by atoms with Crippen LogP contribution in [0.4, 0.5) is 39.0 Å². The number of nitrogens with two attached hydrogens (primary N) is 3. The van der Waals surface area contributed by atoms with Gasteiger partial charge in [-0.15, -0.1) is 0 Å². The molecule has 0 saturated carbocycles. The molecular formula is C61H50Cl2F5N7O12S3. The Kier molecular flexibility index (Phi) is 22.6. The first kappa shape index (κ1) is 68.2. The first-order chi connectivity index (χ1) is 42.4. The molecule has 468 valence electrons. The van der Waals surface area contributed by atoms with Crippen LogP contribution >= 0.6 is 23.2 Å². The number of sulfonamides is 3. The van der Waals surface area contributed by atoms with Gasteiger partial charge in [-0.3, -0.25) is 14.4 Å². The van der Waals surface area contributed by atoms with Gasteiger partial charge in [0.15, 0.2) is 23.1 Å². The molecule has 0 unspecified atom stereocenters. The fourth-order valence-electron chi connectivity index (χ4n) is 7.99. The third-order valence-corrected chi connectivity index (χ3v) is 15.3. The largest absolute Gasteiger partial charge is 0.453 e. The van der Waals surface area contributed by atoms with Gasteiger partial charge in [0.2, 0.25) is 53.7 Å². The lowest BCUT2D eigenvalue weighted by molar-refractivity contribution is -0.137. The number of hydrogen-bond donors (Lipinski definition) is 6. The molecule has 0 radical (unpaired) electrons. The molecule has 0 spiro atoms. The van der Waals surface area contributed by atoms with E-state index in [1.165, 1.54) is 30.3 Å². The van der Waals surface area contributed by atoms with Crippen molar-refractivity contribution in [2.75, 3.05) is 16.0 Å². The second-order valence-electron chi connectivity index (χ2n) is 19.1. The third-order valence-electron chi connectivity index (χ3n) is 12.0. The molecule has 19 nitrogen and oxygen atoms in total. The zero-order chi connectivity index (χ0) is 65.6. The molecule has 0 atom stereocenters. The molecule has 3 amide bonds. The molecule has 0 fully saturated rings. The number of carbonyl (C=O) groups excluding carboxylic acids is 3. The lowest BCUT2D eigenvalue weighted by Crippen LogP contribution is -2.18. The molecule has 0 bridgehead atoms. The van der Waals surface area contributed by atoms with Crippen LogP contribution in [0.25, 0.3) is 0 Å². The number of pyridine rings is 1. The van der Waals surface area contributed by atoms with Gasteiger partial charge >= 0.3 is 6.18 Å². The molecule has 90 heavy (non-hydrogen) atoms. The summed E-state index contributed by atoms with van der Waals surface area (Å²) < 4.78 is 156. The summed E-state index contributed by atoms with van der Waals surface area (Å²) in [6, 6.07) is 46.0. The number of benzene rings is 8. The number of aryl methyl sites for hydroxylation is 1. The van der Waals surface area contributed by atoms with Crippen LogP contribution in [0.1, 0.15) is 27.8 Å². The Labute approximate surface area is 522 Å². The molecule has 8 aromatic carbocycles. The van der Waals surface area contributed by atoms with E-state index in [9.17, 15) is 61.6 Å². The molecule has 29 heteroatoms. The summed E-state index contributed by atoms with van der Waals surface area (Å²) in [7, 11) is -13.1. The Morgan fingerprint density at radius 3 is 1.31 bits per heavy atom. The summed E-state index contributed by atoms with van der Waals surface area (Å²) in [4.78, 5) is 38.8. The molecule has 0 saturated heterocycles. The normalized spacial score (nSPS) is 11.4. The molecule has 9 N–H and O–H groups in total. The zero-order valence-electron chi connectivity index (χ0n) is 46.5. The maximum absolute atomic E-state index is 14.7. The highest BCUT2D eigenvalue weighted by Gasteiger charge is 2.31. The van der Waals surface area contributed by atoms with Gasteiger partial charge in [0.05, 0.1) is 36.7 Å². The van der Waals surface area contributed by atoms with Crippen molar-refractivity contribution in [2.24, 2.45) is 15.4 Å². The number of primary sulfonamides is 3. The van der Waals surface area contributed by atoms with E-state index in [1.54, 1.807) is 91.0 Å². The molecule has 1 aromatic heterocycles. The van der Waals surface area contributed by atoms with Gasteiger partial charge in [0, 0.05) is 33.6 Å². The monoisotopic (exact) mass is 1330 g/mol. The lowest BCUT2D eigenvalue weighted by atomic mass is 10.1. The van der Waals surface area contributed by atoms with Crippen LogP contribution in [-0.4, -0.2) is 48.0 Å². The van der Waals surface area contributed by atoms with Crippen molar-refractivity contribution in [1.82, 2.24) is 4.98 Å². The Morgan fingerprint density at radius 2 is 0.878 bits per heavy atom. The molecule has 0 aliphatic rings. The zero-order valence-corrected chi connectivity index (χ0v) is 50.5. The highest BCUT2D eigenvalue weighted by Crippen LogP contribution is 2.38. The van der Waals surface area contributed by atoms with E-state index >= 15 is 0 Å². The van der Waals surface area contributed by atoms with Crippen molar-refractivity contribution in [3.8, 4) is 34.6 Å². The number of ether oxygens (including phenoxy) is 3. The minimum absolute atomic E-state index is 0.0290. The second-order valence-corrected chi connectivity index (χ2v) is 24.5. The molecule has 9 aromatic rings. The Hall–Kier alpha value is -9.32. The van der Waals surface area contributed by atoms with Crippen LogP contribution in [0, 0.1) is 18.6 Å². The summed E-state index contributed by atoms with van der Waals surface area (Å²) in [5.41, 5.74) is 2.13. The Balaban J connectivity index is 0.000000192. The number of alkyl halides is 3. The van der Waals surface area contributed by atoms with Gasteiger partial charge in [-0.25, -0.2) is 54.4 Å². The summed E-state index contributed by atoms with van der Waals surface area (Å²) >= 11 is 11.7. The summed E-state index contributed by atoms with van der Waals surface area (Å²) in [6.45, 7) is 1.86. The number of hydrogen-bond acceptors (Lipinski definition) is 13. The summed E-state index contributed by atoms with van der Waals surface area (Å²) in [6.07, 6.45) is -3.38. The standard InChI is InChI=1S/C21H18ClFN2O4S.C20H16ClFN2O4S.C20H16F3N3O4S/c1-13-5-2-3-6-14(13)9-20(26)25-16-11-18(23)21(19(12-16)30(24,27)28)29-17-8-4-7-15(22)10-17;21-14-7-4-8-16(10-14)28-20-17(22)11-15(12-18(20)29(23,26)27)24-19(25)9-13-5-2-1-3-6-13;21-20(22,23)14-7-4-8-16(10-14)30-19-17(31(24,28)29)11-15(12-25-19)26-18(27)9-13-5-2-1-3-6-13/h2-8,10-12H,9H2,1H3,(H,25,26)(H2,24,27,28);1-8,10-12H,9H2,(H,24,25)(H2,23,26,27);1-8,10-12H,9H2,(H,26,27)(H2,24,28,29). The maximum Gasteiger partial charge on any atom is 0.416 e. The second kappa shape index (κ2) is 29.8. The molecule has 0 aliphatic heterocycles. The van der Waals surface area contributed by atoms with Crippen molar-refractivity contribution >= 4 is 88.1 Å². The average molecular weight is 1340 g/mol. The number of rotatable bonds is 18. The lowest BCUT2D eigenvalue weighted by Gasteiger charge is -2.14. The number of carbonyl (C=O) groups is 3. The minimum Gasteiger partial charge on any atom is -0.453 e. The molecule has 0 aliphatic carbocycles. The Morgan fingerprint density at radius 1 is 0.478 bits per heavy atom. The van der Waals surface area contributed by atoms with Crippen molar-refractivity contribution < 1.29 is 75.8 Å². The van der Waals surface area contributed by atoms with E-state index in [2.05, 4.69) is 20.9 Å². The summed E-state index contributed by atoms with van der Waals surface area (Å²) in [5.74, 6) is -5.06. The average Bonchev–Trinajstić information content (AvgIpc) is 0.958. The molecule has 1 heterocycles. The predicted molar refractivity (Wildman–Crippen MR) is 327 cm³/mol. The quantitative estimate of drug-likeness (QED) is 0.0436. The number of nitrogens with one attached hydrogen (secondary N) is 3. The van der Waals surface area contributed by atoms with Crippen LogP contribution < -0.4 is 45.6 Å². The maximum atomic E-state index is 14.7. The van der Waals surface area contributed by atoms with Crippen LogP contribution in [0.2, 0.25) is 10.0 Å². The van der Waals surface area contributed by atoms with Gasteiger partial charge < -0.3 is 30.2 Å². The van der Waals surface area contributed by atoms with Gasteiger partial charge in [-0.2, -0.15) is 13.2 Å². The molecule has 9 rings (SSSR count).